The van der Waals surface area contributed by atoms with Crippen LogP contribution < -0.4 is 5.73 Å². The molecule has 0 saturated carbocycles. The maximum atomic E-state index is 12.7. The third kappa shape index (κ3) is 3.28. The summed E-state index contributed by atoms with van der Waals surface area (Å²) in [5, 5.41) is 18.0. The molecule has 0 aliphatic carbocycles. The number of aromatic nitrogens is 2. The highest BCUT2D eigenvalue weighted by atomic mass is 32.2. The number of aromatic amines is 1. The number of aryl methyl sites for hydroxylation is 2. The normalized spacial score (nSPS) is 13.4. The van der Waals surface area contributed by atoms with Gasteiger partial charge in [0.05, 0.1) is 11.4 Å². The zero-order valence-electron chi connectivity index (χ0n) is 12.1. The molecule has 20 heavy (non-hydrogen) atoms. The summed E-state index contributed by atoms with van der Waals surface area (Å²) in [6, 6.07) is -0.250. The van der Waals surface area contributed by atoms with E-state index < -0.39 is 10.0 Å². The zero-order chi connectivity index (χ0) is 15.5. The average Bonchev–Trinajstić information content (AvgIpc) is 2.68. The van der Waals surface area contributed by atoms with Crippen molar-refractivity contribution in [2.24, 2.45) is 10.9 Å². The monoisotopic (exact) mass is 303 g/mol. The Bertz CT molecular complexity index is 572. The average molecular weight is 303 g/mol. The highest BCUT2D eigenvalue weighted by Crippen LogP contribution is 2.23. The Morgan fingerprint density at radius 3 is 2.50 bits per heavy atom. The molecule has 0 radical (unpaired) electrons. The quantitative estimate of drug-likeness (QED) is 0.306. The van der Waals surface area contributed by atoms with Gasteiger partial charge in [-0.05, 0) is 27.7 Å². The molecule has 9 heteroatoms. The zero-order valence-corrected chi connectivity index (χ0v) is 12.9. The first-order valence-electron chi connectivity index (χ1n) is 6.21. The van der Waals surface area contributed by atoms with Gasteiger partial charge in [-0.3, -0.25) is 5.10 Å². The van der Waals surface area contributed by atoms with Crippen molar-refractivity contribution in [3.63, 3.8) is 0 Å². The van der Waals surface area contributed by atoms with E-state index in [1.807, 2.05) is 0 Å². The van der Waals surface area contributed by atoms with E-state index in [2.05, 4.69) is 15.4 Å². The molecule has 8 nitrogen and oxygen atoms in total. The maximum Gasteiger partial charge on any atom is 0.246 e. The molecule has 0 atom stereocenters. The minimum atomic E-state index is -3.67. The number of H-pyrrole nitrogens is 1. The molecule has 1 heterocycles. The van der Waals surface area contributed by atoms with Crippen LogP contribution in [0, 0.1) is 13.8 Å². The molecule has 1 rings (SSSR count). The number of rotatable bonds is 6. The number of amidine groups is 1. The molecule has 0 bridgehead atoms. The first-order valence-corrected chi connectivity index (χ1v) is 7.65. The molecule has 0 spiro atoms. The van der Waals surface area contributed by atoms with E-state index in [1.165, 1.54) is 4.31 Å². The maximum absolute atomic E-state index is 12.7. The van der Waals surface area contributed by atoms with Crippen LogP contribution in [0.15, 0.2) is 10.1 Å². The van der Waals surface area contributed by atoms with E-state index in [9.17, 15) is 8.42 Å². The first kappa shape index (κ1) is 16.4. The Hall–Kier alpha value is -1.61. The lowest BCUT2D eigenvalue weighted by molar-refractivity contribution is 0.313. The Morgan fingerprint density at radius 1 is 1.50 bits per heavy atom. The molecule has 4 N–H and O–H groups in total. The molecule has 0 unspecified atom stereocenters. The first-order chi connectivity index (χ1) is 9.21. The molecule has 0 fully saturated rings. The summed E-state index contributed by atoms with van der Waals surface area (Å²) in [5.74, 6) is -0.00788. The van der Waals surface area contributed by atoms with E-state index in [-0.39, 0.29) is 29.7 Å². The molecule has 0 aromatic carbocycles. The lowest BCUT2D eigenvalue weighted by Gasteiger charge is -2.25. The second-order valence-electron chi connectivity index (χ2n) is 4.81. The molecule has 1 aromatic heterocycles. The van der Waals surface area contributed by atoms with Gasteiger partial charge in [-0.25, -0.2) is 8.42 Å². The lowest BCUT2D eigenvalue weighted by Crippen LogP contribution is -2.39. The van der Waals surface area contributed by atoms with E-state index in [0.717, 1.165) is 0 Å². The smallest absolute Gasteiger partial charge is 0.246 e. The molecular formula is C11H21N5O3S. The fourth-order valence-corrected chi connectivity index (χ4v) is 3.94. The van der Waals surface area contributed by atoms with Gasteiger partial charge >= 0.3 is 0 Å². The van der Waals surface area contributed by atoms with Crippen molar-refractivity contribution in [2.75, 3.05) is 6.54 Å². The summed E-state index contributed by atoms with van der Waals surface area (Å²) in [6.07, 6.45) is 0.157. The Labute approximate surface area is 118 Å². The number of nitrogens with two attached hydrogens (primary N) is 1. The second kappa shape index (κ2) is 6.23. The number of oxime groups is 1. The summed E-state index contributed by atoms with van der Waals surface area (Å²) < 4.78 is 26.7. The number of hydrogen-bond acceptors (Lipinski definition) is 5. The number of sulfonamides is 1. The summed E-state index contributed by atoms with van der Waals surface area (Å²) in [7, 11) is -3.67. The highest BCUT2D eigenvalue weighted by Gasteiger charge is 2.31. The minimum Gasteiger partial charge on any atom is -0.409 e. The standard InChI is InChI=1S/C11H21N5O3S/c1-7(2)16(6-5-10(12)15-17)20(18,19)11-8(3)13-14-9(11)4/h7,17H,5-6H2,1-4H3,(H2,12,15)(H,13,14). The van der Waals surface area contributed by atoms with Crippen LogP contribution in [0.1, 0.15) is 31.7 Å². The van der Waals surface area contributed by atoms with Crippen molar-refractivity contribution < 1.29 is 13.6 Å². The van der Waals surface area contributed by atoms with E-state index in [4.69, 9.17) is 10.9 Å². The van der Waals surface area contributed by atoms with Crippen LogP contribution in [0.3, 0.4) is 0 Å². The molecule has 0 aliphatic rings. The molecule has 0 aliphatic heterocycles. The van der Waals surface area contributed by atoms with E-state index >= 15 is 0 Å². The third-order valence-corrected chi connectivity index (χ3v) is 5.26. The Morgan fingerprint density at radius 2 is 2.10 bits per heavy atom. The van der Waals surface area contributed by atoms with Gasteiger partial charge in [-0.15, -0.1) is 0 Å². The fourth-order valence-electron chi connectivity index (χ4n) is 1.97. The van der Waals surface area contributed by atoms with Crippen LogP contribution in [0.4, 0.5) is 0 Å². The van der Waals surface area contributed by atoms with Gasteiger partial charge in [0.25, 0.3) is 0 Å². The minimum absolute atomic E-state index is 0.00788. The number of nitrogens with zero attached hydrogens (tertiary/aromatic N) is 3. The van der Waals surface area contributed by atoms with Crippen LogP contribution in [0.2, 0.25) is 0 Å². The predicted octanol–water partition coefficient (Wildman–Crippen LogP) is 0.562. The van der Waals surface area contributed by atoms with E-state index in [0.29, 0.717) is 11.4 Å². The van der Waals surface area contributed by atoms with Crippen LogP contribution in [0.25, 0.3) is 0 Å². The van der Waals surface area contributed by atoms with Gasteiger partial charge < -0.3 is 10.9 Å². The van der Waals surface area contributed by atoms with Crippen LogP contribution in [0.5, 0.6) is 0 Å². The molecule has 0 amide bonds. The molecule has 114 valence electrons. The van der Waals surface area contributed by atoms with Crippen molar-refractivity contribution >= 4 is 15.9 Å². The number of nitrogens with one attached hydrogen (secondary N) is 1. The second-order valence-corrected chi connectivity index (χ2v) is 6.64. The van der Waals surface area contributed by atoms with Crippen molar-refractivity contribution in [3.8, 4) is 0 Å². The topological polar surface area (TPSA) is 125 Å². The molecule has 1 aromatic rings. The van der Waals surface area contributed by atoms with Gasteiger partial charge in [0.2, 0.25) is 10.0 Å². The molecule has 0 saturated heterocycles. The van der Waals surface area contributed by atoms with Crippen molar-refractivity contribution in [3.05, 3.63) is 11.4 Å². The summed E-state index contributed by atoms with van der Waals surface area (Å²) in [5.41, 5.74) is 6.33. The van der Waals surface area contributed by atoms with Gasteiger partial charge in [-0.2, -0.15) is 9.40 Å². The van der Waals surface area contributed by atoms with Gasteiger partial charge in [0.1, 0.15) is 10.7 Å². The van der Waals surface area contributed by atoms with Crippen LogP contribution >= 0.6 is 0 Å². The van der Waals surface area contributed by atoms with Crippen molar-refractivity contribution in [2.45, 2.75) is 45.1 Å². The Kier molecular flexibility index (Phi) is 5.12. The van der Waals surface area contributed by atoms with Gasteiger partial charge in [0.15, 0.2) is 0 Å². The lowest BCUT2D eigenvalue weighted by atomic mass is 10.3. The summed E-state index contributed by atoms with van der Waals surface area (Å²) >= 11 is 0. The number of hydrogen-bond donors (Lipinski definition) is 3. The fraction of sp³-hybridized carbons (Fsp3) is 0.636. The largest absolute Gasteiger partial charge is 0.409 e. The van der Waals surface area contributed by atoms with Crippen LogP contribution in [-0.4, -0.2) is 46.5 Å². The van der Waals surface area contributed by atoms with Crippen molar-refractivity contribution in [1.29, 1.82) is 0 Å². The summed E-state index contributed by atoms with van der Waals surface area (Å²) in [6.45, 7) is 6.98. The Balaban J connectivity index is 3.14. The van der Waals surface area contributed by atoms with Crippen LogP contribution in [-0.2, 0) is 10.0 Å². The predicted molar refractivity (Wildman–Crippen MR) is 75.1 cm³/mol. The van der Waals surface area contributed by atoms with Gasteiger partial charge in [-0.1, -0.05) is 5.16 Å². The SMILES string of the molecule is Cc1n[nH]c(C)c1S(=O)(=O)N(CCC(N)=NO)C(C)C. The van der Waals surface area contributed by atoms with Gasteiger partial charge in [0, 0.05) is 19.0 Å². The summed E-state index contributed by atoms with van der Waals surface area (Å²) in [4.78, 5) is 0.186. The van der Waals surface area contributed by atoms with Crippen molar-refractivity contribution in [1.82, 2.24) is 14.5 Å². The molecular weight excluding hydrogens is 282 g/mol. The highest BCUT2D eigenvalue weighted by molar-refractivity contribution is 7.89. The third-order valence-electron chi connectivity index (χ3n) is 2.92. The van der Waals surface area contributed by atoms with E-state index in [1.54, 1.807) is 27.7 Å².